The number of nitro groups is 1. The molecule has 0 bridgehead atoms. The van der Waals surface area contributed by atoms with Gasteiger partial charge < -0.3 is 11.1 Å². The Labute approximate surface area is 160 Å². The smallest absolute Gasteiger partial charge is 0.275 e. The zero-order valence-electron chi connectivity index (χ0n) is 14.6. The zero-order valence-corrected chi connectivity index (χ0v) is 14.6. The molecule has 0 radical (unpaired) electrons. The Bertz CT molecular complexity index is 1130. The summed E-state index contributed by atoms with van der Waals surface area (Å²) < 4.78 is 0. The summed E-state index contributed by atoms with van der Waals surface area (Å²) in [4.78, 5) is 35.9. The molecule has 2 aromatic rings. The van der Waals surface area contributed by atoms with E-state index in [1.165, 1.54) is 24.3 Å². The van der Waals surface area contributed by atoms with Gasteiger partial charge in [-0.15, -0.1) is 0 Å². The first kappa shape index (κ1) is 17.4. The average Bonchev–Trinajstić information content (AvgIpc) is 2.71. The molecule has 0 amide bonds. The molecule has 1 aliphatic carbocycles. The van der Waals surface area contributed by atoms with Gasteiger partial charge in [0.15, 0.2) is 5.78 Å². The molecule has 2 aliphatic rings. The fourth-order valence-electron chi connectivity index (χ4n) is 3.60. The molecule has 3 N–H and O–H groups in total. The number of para-hydroxylation sites is 2. The molecule has 0 aromatic heterocycles. The lowest BCUT2D eigenvalue weighted by atomic mass is 9.77. The van der Waals surface area contributed by atoms with Crippen molar-refractivity contribution in [2.24, 2.45) is 0 Å². The van der Waals surface area contributed by atoms with Crippen LogP contribution in [0.25, 0.3) is 0 Å². The molecule has 0 spiro atoms. The first-order valence-corrected chi connectivity index (χ1v) is 8.51. The van der Waals surface area contributed by atoms with E-state index < -0.39 is 10.5 Å². The van der Waals surface area contributed by atoms with Crippen LogP contribution < -0.4 is 11.1 Å². The maximum Gasteiger partial charge on any atom is 0.275 e. The highest BCUT2D eigenvalue weighted by atomic mass is 16.6. The molecule has 7 heteroatoms. The monoisotopic (exact) mass is 373 g/mol. The van der Waals surface area contributed by atoms with E-state index in [4.69, 9.17) is 5.73 Å². The number of hydrogen-bond acceptors (Lipinski definition) is 6. The Morgan fingerprint density at radius 1 is 0.893 bits per heavy atom. The lowest BCUT2D eigenvalue weighted by Gasteiger charge is -2.38. The van der Waals surface area contributed by atoms with E-state index in [-0.39, 0.29) is 28.5 Å². The van der Waals surface area contributed by atoms with Crippen LogP contribution in [0, 0.1) is 10.1 Å². The predicted molar refractivity (Wildman–Crippen MR) is 103 cm³/mol. The van der Waals surface area contributed by atoms with E-state index in [1.54, 1.807) is 48.5 Å². The van der Waals surface area contributed by atoms with Crippen LogP contribution >= 0.6 is 0 Å². The summed E-state index contributed by atoms with van der Waals surface area (Å²) >= 11 is 0. The maximum absolute atomic E-state index is 12.5. The van der Waals surface area contributed by atoms with Crippen LogP contribution in [0.2, 0.25) is 0 Å². The Morgan fingerprint density at radius 2 is 1.54 bits per heavy atom. The van der Waals surface area contributed by atoms with Crippen molar-refractivity contribution in [3.05, 3.63) is 105 Å². The molecule has 4 rings (SSSR count). The van der Waals surface area contributed by atoms with Crippen LogP contribution in [-0.4, -0.2) is 16.5 Å². The van der Waals surface area contributed by atoms with Gasteiger partial charge in [-0.3, -0.25) is 19.7 Å². The Balaban J connectivity index is 2.01. The van der Waals surface area contributed by atoms with Gasteiger partial charge >= 0.3 is 0 Å². The summed E-state index contributed by atoms with van der Waals surface area (Å²) in [6.07, 6.45) is 5.57. The van der Waals surface area contributed by atoms with Gasteiger partial charge in [-0.25, -0.2) is 0 Å². The fraction of sp³-hybridized carbons (Fsp3) is 0.0476. The highest BCUT2D eigenvalue weighted by Gasteiger charge is 2.43. The number of carbonyl (C=O) groups excluding carboxylic acids is 2. The predicted octanol–water partition coefficient (Wildman–Crippen LogP) is 2.54. The van der Waals surface area contributed by atoms with Crippen LogP contribution in [0.1, 0.15) is 11.1 Å². The molecule has 1 unspecified atom stereocenters. The van der Waals surface area contributed by atoms with Gasteiger partial charge in [0.05, 0.1) is 16.2 Å². The number of nitrogens with zero attached hydrogens (tertiary/aromatic N) is 1. The van der Waals surface area contributed by atoms with Crippen molar-refractivity contribution in [1.82, 2.24) is 5.32 Å². The van der Waals surface area contributed by atoms with Crippen molar-refractivity contribution in [2.45, 2.75) is 5.54 Å². The lowest BCUT2D eigenvalue weighted by molar-refractivity contribution is -0.385. The second-order valence-corrected chi connectivity index (χ2v) is 6.48. The van der Waals surface area contributed by atoms with Gasteiger partial charge in [0.1, 0.15) is 5.54 Å². The average molecular weight is 373 g/mol. The van der Waals surface area contributed by atoms with Crippen LogP contribution in [0.3, 0.4) is 0 Å². The van der Waals surface area contributed by atoms with Crippen molar-refractivity contribution in [1.29, 1.82) is 0 Å². The number of dihydropyridines is 1. The summed E-state index contributed by atoms with van der Waals surface area (Å²) in [5.41, 5.74) is 6.36. The first-order chi connectivity index (χ1) is 13.4. The molecule has 1 aliphatic heterocycles. The lowest BCUT2D eigenvalue weighted by Crippen LogP contribution is -2.47. The van der Waals surface area contributed by atoms with Gasteiger partial charge in [-0.2, -0.15) is 0 Å². The molecule has 2 aromatic carbocycles. The number of nitro benzene ring substituents is 1. The van der Waals surface area contributed by atoms with E-state index in [1.807, 2.05) is 0 Å². The molecule has 0 saturated carbocycles. The Kier molecular flexibility index (Phi) is 3.93. The van der Waals surface area contributed by atoms with Crippen molar-refractivity contribution in [3.63, 3.8) is 0 Å². The second kappa shape index (κ2) is 6.31. The van der Waals surface area contributed by atoms with Gasteiger partial charge in [-0.1, -0.05) is 30.3 Å². The largest absolute Gasteiger partial charge is 0.398 e. The summed E-state index contributed by atoms with van der Waals surface area (Å²) in [6, 6.07) is 13.2. The molecule has 1 heterocycles. The topological polar surface area (TPSA) is 115 Å². The van der Waals surface area contributed by atoms with Crippen LogP contribution in [0.4, 0.5) is 11.4 Å². The number of hydrogen-bond donors (Lipinski definition) is 2. The van der Waals surface area contributed by atoms with E-state index in [0.717, 1.165) is 0 Å². The third-order valence-corrected chi connectivity index (χ3v) is 4.90. The van der Waals surface area contributed by atoms with Gasteiger partial charge in [-0.05, 0) is 36.4 Å². The molecule has 7 nitrogen and oxygen atoms in total. The number of nitrogens with two attached hydrogens (primary N) is 1. The van der Waals surface area contributed by atoms with E-state index in [2.05, 4.69) is 5.32 Å². The van der Waals surface area contributed by atoms with Crippen LogP contribution in [-0.2, 0) is 15.1 Å². The van der Waals surface area contributed by atoms with Crippen LogP contribution in [0.15, 0.2) is 84.1 Å². The molecular weight excluding hydrogens is 358 g/mol. The number of ketones is 2. The number of benzene rings is 2. The Hall–Kier alpha value is -4.00. The molecule has 28 heavy (non-hydrogen) atoms. The standard InChI is InChI=1S/C21H15N3O4/c22-16-7-3-1-5-14(16)21(15-6-2-4-8-17(15)24(27)28)12-11-13-18(25)9-10-19(26)20(13)23-21/h1-12,23H,22H2. The van der Waals surface area contributed by atoms with Crippen LogP contribution in [0.5, 0.6) is 0 Å². The third kappa shape index (κ3) is 2.52. The number of allylic oxidation sites excluding steroid dienone is 4. The Morgan fingerprint density at radius 3 is 2.25 bits per heavy atom. The second-order valence-electron chi connectivity index (χ2n) is 6.48. The highest BCUT2D eigenvalue weighted by Crippen LogP contribution is 2.42. The molecule has 0 fully saturated rings. The van der Waals surface area contributed by atoms with Gasteiger partial charge in [0, 0.05) is 22.9 Å². The van der Waals surface area contributed by atoms with Crippen molar-refractivity contribution in [2.75, 3.05) is 5.73 Å². The summed E-state index contributed by atoms with van der Waals surface area (Å²) in [6.45, 7) is 0. The van der Waals surface area contributed by atoms with E-state index in [9.17, 15) is 19.7 Å². The van der Waals surface area contributed by atoms with Gasteiger partial charge in [0.2, 0.25) is 5.78 Å². The first-order valence-electron chi connectivity index (χ1n) is 8.51. The number of carbonyl (C=O) groups is 2. The number of nitrogen functional groups attached to an aromatic ring is 1. The molecule has 138 valence electrons. The van der Waals surface area contributed by atoms with Gasteiger partial charge in [0.25, 0.3) is 5.69 Å². The quantitative estimate of drug-likeness (QED) is 0.370. The maximum atomic E-state index is 12.5. The summed E-state index contributed by atoms with van der Waals surface area (Å²) in [5.74, 6) is -0.688. The van der Waals surface area contributed by atoms with E-state index in [0.29, 0.717) is 16.8 Å². The van der Waals surface area contributed by atoms with Crippen molar-refractivity contribution in [3.8, 4) is 0 Å². The SMILES string of the molecule is Nc1ccccc1C1(c2ccccc2[N+](=O)[O-])C=CC2=C(N1)C(=O)C=CC2=O. The summed E-state index contributed by atoms with van der Waals surface area (Å²) in [5, 5.41) is 14.8. The molecule has 1 atom stereocenters. The zero-order chi connectivity index (χ0) is 19.9. The number of anilines is 1. The minimum atomic E-state index is -1.28. The van der Waals surface area contributed by atoms with Crippen molar-refractivity contribution < 1.29 is 14.5 Å². The molecule has 0 saturated heterocycles. The highest BCUT2D eigenvalue weighted by molar-refractivity contribution is 6.21. The normalized spacial score (nSPS) is 20.7. The number of rotatable bonds is 3. The minimum absolute atomic E-state index is 0.0939. The molecular formula is C21H15N3O4. The number of nitrogens with one attached hydrogen (secondary N) is 1. The fourth-order valence-corrected chi connectivity index (χ4v) is 3.60. The van der Waals surface area contributed by atoms with E-state index >= 15 is 0 Å². The minimum Gasteiger partial charge on any atom is -0.398 e. The van der Waals surface area contributed by atoms with Crippen molar-refractivity contribution >= 4 is 22.9 Å². The third-order valence-electron chi connectivity index (χ3n) is 4.90. The summed E-state index contributed by atoms with van der Waals surface area (Å²) in [7, 11) is 0.